The van der Waals surface area contributed by atoms with Crippen LogP contribution in [0.25, 0.3) is 16.9 Å². The SMILES string of the molecule is CC(C)(C)OC(=O)N(C(=O)OC(C)(C)C)c1nc2cc(-c3cncc(B4OC(C)(C)C(C)(C)O4)n3)ccn2n1. The highest BCUT2D eigenvalue weighted by atomic mass is 16.7. The quantitative estimate of drug-likeness (QED) is 0.448. The van der Waals surface area contributed by atoms with Crippen molar-refractivity contribution in [3.05, 3.63) is 30.7 Å². The van der Waals surface area contributed by atoms with Crippen molar-refractivity contribution in [1.29, 1.82) is 0 Å². The number of rotatable bonds is 3. The maximum atomic E-state index is 13.0. The molecule has 39 heavy (non-hydrogen) atoms. The number of pyridine rings is 1. The van der Waals surface area contributed by atoms with Gasteiger partial charge in [0.2, 0.25) is 0 Å². The molecule has 3 aromatic rings. The maximum Gasteiger partial charge on any atom is 0.516 e. The van der Waals surface area contributed by atoms with Gasteiger partial charge in [-0.3, -0.25) is 9.97 Å². The van der Waals surface area contributed by atoms with Crippen LogP contribution in [0.4, 0.5) is 15.5 Å². The number of imide groups is 1. The molecule has 3 aromatic heterocycles. The van der Waals surface area contributed by atoms with E-state index in [4.69, 9.17) is 23.8 Å². The Balaban J connectivity index is 1.67. The van der Waals surface area contributed by atoms with Gasteiger partial charge >= 0.3 is 19.3 Å². The van der Waals surface area contributed by atoms with Crippen LogP contribution in [-0.4, -0.2) is 66.3 Å². The number of nitrogens with zero attached hydrogens (tertiary/aromatic N) is 6. The highest BCUT2D eigenvalue weighted by molar-refractivity contribution is 6.61. The fourth-order valence-corrected chi connectivity index (χ4v) is 3.57. The van der Waals surface area contributed by atoms with Crippen molar-refractivity contribution < 1.29 is 28.4 Å². The summed E-state index contributed by atoms with van der Waals surface area (Å²) in [5.41, 5.74) is -0.592. The smallest absolute Gasteiger partial charge is 0.443 e. The molecular formula is C26H35BN6O6. The lowest BCUT2D eigenvalue weighted by Crippen LogP contribution is -2.44. The standard InChI is InChI=1S/C26H35BN6O6/c1-23(2,3)36-21(34)33(22(35)37-24(4,5)6)20-30-19-13-16(11-12-32(19)31-20)17-14-28-15-18(29-17)27-38-25(7,8)26(9,10)39-27/h11-15H,1-10H3. The molecule has 208 valence electrons. The van der Waals surface area contributed by atoms with E-state index in [1.807, 2.05) is 27.7 Å². The summed E-state index contributed by atoms with van der Waals surface area (Å²) in [7, 11) is -0.665. The van der Waals surface area contributed by atoms with Gasteiger partial charge in [-0.25, -0.2) is 14.1 Å². The second kappa shape index (κ2) is 9.56. The highest BCUT2D eigenvalue weighted by Crippen LogP contribution is 2.36. The van der Waals surface area contributed by atoms with Crippen molar-refractivity contribution in [3.63, 3.8) is 0 Å². The third-order valence-corrected chi connectivity index (χ3v) is 6.12. The minimum absolute atomic E-state index is 0.187. The highest BCUT2D eigenvalue weighted by Gasteiger charge is 2.52. The van der Waals surface area contributed by atoms with Gasteiger partial charge in [0.25, 0.3) is 5.95 Å². The van der Waals surface area contributed by atoms with Crippen molar-refractivity contribution >= 4 is 36.5 Å². The third kappa shape index (κ3) is 6.20. The van der Waals surface area contributed by atoms with Crippen molar-refractivity contribution in [2.24, 2.45) is 0 Å². The molecule has 0 aromatic carbocycles. The van der Waals surface area contributed by atoms with Gasteiger partial charge in [0.05, 0.1) is 28.7 Å². The summed E-state index contributed by atoms with van der Waals surface area (Å²) in [5.74, 6) is -0.187. The second-order valence-corrected chi connectivity index (χ2v) is 12.3. The van der Waals surface area contributed by atoms with Crippen LogP contribution in [0, 0.1) is 0 Å². The summed E-state index contributed by atoms with van der Waals surface area (Å²) in [6, 6.07) is 3.49. The van der Waals surface area contributed by atoms with E-state index in [1.54, 1.807) is 72.3 Å². The summed E-state index contributed by atoms with van der Waals surface area (Å²) in [6.45, 7) is 18.1. The topological polar surface area (TPSA) is 130 Å². The van der Waals surface area contributed by atoms with Crippen molar-refractivity contribution in [1.82, 2.24) is 24.6 Å². The van der Waals surface area contributed by atoms with Gasteiger partial charge in [-0.15, -0.1) is 10.00 Å². The van der Waals surface area contributed by atoms with E-state index in [1.165, 1.54) is 4.52 Å². The zero-order chi connectivity index (χ0) is 29.0. The lowest BCUT2D eigenvalue weighted by molar-refractivity contribution is 0.00578. The van der Waals surface area contributed by atoms with Crippen LogP contribution in [0.1, 0.15) is 69.2 Å². The predicted octanol–water partition coefficient (Wildman–Crippen LogP) is 4.16. The van der Waals surface area contributed by atoms with E-state index in [0.717, 1.165) is 0 Å². The molecule has 0 radical (unpaired) electrons. The van der Waals surface area contributed by atoms with E-state index in [2.05, 4.69) is 15.1 Å². The van der Waals surface area contributed by atoms with Crippen LogP contribution in [0.2, 0.25) is 0 Å². The van der Waals surface area contributed by atoms with Gasteiger partial charge in [0.1, 0.15) is 11.2 Å². The van der Waals surface area contributed by atoms with Crippen molar-refractivity contribution in [2.45, 2.75) is 91.6 Å². The van der Waals surface area contributed by atoms with Gasteiger partial charge in [0.15, 0.2) is 5.65 Å². The number of anilines is 1. The Morgan fingerprint density at radius 3 is 2.03 bits per heavy atom. The molecule has 0 N–H and O–H groups in total. The molecule has 1 aliphatic heterocycles. The molecule has 0 spiro atoms. The first-order chi connectivity index (χ1) is 17.9. The molecular weight excluding hydrogens is 503 g/mol. The predicted molar refractivity (Wildman–Crippen MR) is 145 cm³/mol. The van der Waals surface area contributed by atoms with Crippen molar-refractivity contribution in [3.8, 4) is 11.3 Å². The zero-order valence-electron chi connectivity index (χ0n) is 24.1. The van der Waals surface area contributed by atoms with Crippen LogP contribution in [0.5, 0.6) is 0 Å². The van der Waals surface area contributed by atoms with E-state index in [-0.39, 0.29) is 5.95 Å². The molecule has 13 heteroatoms. The van der Waals surface area contributed by atoms with Crippen LogP contribution >= 0.6 is 0 Å². The Kier molecular flexibility index (Phi) is 6.97. The van der Waals surface area contributed by atoms with E-state index >= 15 is 0 Å². The molecule has 0 aliphatic carbocycles. The lowest BCUT2D eigenvalue weighted by Gasteiger charge is -2.32. The normalized spacial score (nSPS) is 16.8. The molecule has 4 heterocycles. The number of carbonyl (C=O) groups excluding carboxylic acids is 2. The third-order valence-electron chi connectivity index (χ3n) is 6.12. The van der Waals surface area contributed by atoms with E-state index in [0.29, 0.717) is 27.4 Å². The summed E-state index contributed by atoms with van der Waals surface area (Å²) >= 11 is 0. The zero-order valence-corrected chi connectivity index (χ0v) is 24.1. The number of hydrogen-bond acceptors (Lipinski definition) is 10. The average Bonchev–Trinajstić information content (AvgIpc) is 3.27. The van der Waals surface area contributed by atoms with Crippen LogP contribution < -0.4 is 10.5 Å². The summed E-state index contributed by atoms with van der Waals surface area (Å²) in [5, 5.41) is 4.32. The Labute approximate surface area is 228 Å². The molecule has 0 unspecified atom stereocenters. The average molecular weight is 538 g/mol. The first-order valence-electron chi connectivity index (χ1n) is 12.7. The minimum Gasteiger partial charge on any atom is -0.443 e. The Hall–Kier alpha value is -3.58. The van der Waals surface area contributed by atoms with Gasteiger partial charge in [-0.2, -0.15) is 4.98 Å². The number of carbonyl (C=O) groups is 2. The fourth-order valence-electron chi connectivity index (χ4n) is 3.57. The summed E-state index contributed by atoms with van der Waals surface area (Å²) < 4.78 is 24.5. The first-order valence-corrected chi connectivity index (χ1v) is 12.7. The molecule has 1 saturated heterocycles. The van der Waals surface area contributed by atoms with E-state index < -0.39 is 41.7 Å². The molecule has 1 aliphatic rings. The van der Waals surface area contributed by atoms with Gasteiger partial charge < -0.3 is 18.8 Å². The van der Waals surface area contributed by atoms with Gasteiger partial charge in [0, 0.05) is 18.0 Å². The number of aromatic nitrogens is 5. The van der Waals surface area contributed by atoms with Gasteiger partial charge in [-0.1, -0.05) is 0 Å². The Bertz CT molecular complexity index is 1360. The molecule has 1 fully saturated rings. The molecule has 0 bridgehead atoms. The summed E-state index contributed by atoms with van der Waals surface area (Å²) in [4.78, 5) is 40.1. The Morgan fingerprint density at radius 1 is 0.923 bits per heavy atom. The fraction of sp³-hybridized carbons (Fsp3) is 0.538. The largest absolute Gasteiger partial charge is 0.516 e. The monoisotopic (exact) mass is 538 g/mol. The minimum atomic E-state index is -0.950. The lowest BCUT2D eigenvalue weighted by atomic mass is 9.85. The first kappa shape index (κ1) is 28.4. The number of hydrogen-bond donors (Lipinski definition) is 0. The number of ether oxygens (including phenoxy) is 2. The molecule has 2 amide bonds. The number of amides is 2. The second-order valence-electron chi connectivity index (χ2n) is 12.3. The maximum absolute atomic E-state index is 13.0. The van der Waals surface area contributed by atoms with Crippen LogP contribution in [0.15, 0.2) is 30.7 Å². The Morgan fingerprint density at radius 2 is 1.49 bits per heavy atom. The number of fused-ring (bicyclic) bond motifs is 1. The van der Waals surface area contributed by atoms with E-state index in [9.17, 15) is 9.59 Å². The molecule has 12 nitrogen and oxygen atoms in total. The van der Waals surface area contributed by atoms with Crippen LogP contribution in [0.3, 0.4) is 0 Å². The summed E-state index contributed by atoms with van der Waals surface area (Å²) in [6.07, 6.45) is 2.97. The molecule has 4 rings (SSSR count). The molecule has 0 saturated carbocycles. The van der Waals surface area contributed by atoms with Crippen LogP contribution in [-0.2, 0) is 18.8 Å². The molecule has 0 atom stereocenters. The van der Waals surface area contributed by atoms with Gasteiger partial charge in [-0.05, 0) is 81.4 Å². The van der Waals surface area contributed by atoms with Crippen molar-refractivity contribution in [2.75, 3.05) is 4.90 Å².